The standard InChI is InChI=1S/C21H27N5O/c1-21(2,27)15-13-14-9-10-18(22-11-12-25(3)4)24-19(14)26-17-8-6-5-7-16(17)23-20(15)26/h5-10,13,20,23,27H,11-12H2,1-4H3,(H,22,24). The Hall–Kier alpha value is -2.57. The molecule has 1 aromatic carbocycles. The Morgan fingerprint density at radius 3 is 2.74 bits per heavy atom. The molecule has 2 aliphatic rings. The summed E-state index contributed by atoms with van der Waals surface area (Å²) < 4.78 is 0. The number of aromatic nitrogens is 1. The third kappa shape index (κ3) is 3.26. The molecule has 6 nitrogen and oxygen atoms in total. The van der Waals surface area contributed by atoms with Crippen LogP contribution in [0.25, 0.3) is 6.08 Å². The van der Waals surface area contributed by atoms with Crippen molar-refractivity contribution in [1.82, 2.24) is 9.88 Å². The van der Waals surface area contributed by atoms with Gasteiger partial charge in [0.25, 0.3) is 0 Å². The number of nitrogens with one attached hydrogen (secondary N) is 2. The van der Waals surface area contributed by atoms with E-state index < -0.39 is 5.60 Å². The molecule has 0 bridgehead atoms. The van der Waals surface area contributed by atoms with Gasteiger partial charge in [0.15, 0.2) is 0 Å². The molecule has 3 heterocycles. The average Bonchev–Trinajstić information content (AvgIpc) is 2.99. The highest BCUT2D eigenvalue weighted by atomic mass is 16.3. The monoisotopic (exact) mass is 365 g/mol. The van der Waals surface area contributed by atoms with Crippen molar-refractivity contribution in [1.29, 1.82) is 0 Å². The number of hydrogen-bond donors (Lipinski definition) is 3. The summed E-state index contributed by atoms with van der Waals surface area (Å²) in [5.41, 5.74) is 3.15. The molecule has 0 saturated carbocycles. The zero-order valence-electron chi connectivity index (χ0n) is 16.3. The Morgan fingerprint density at radius 2 is 2.00 bits per heavy atom. The zero-order valence-corrected chi connectivity index (χ0v) is 16.3. The summed E-state index contributed by atoms with van der Waals surface area (Å²) in [6, 6.07) is 12.3. The van der Waals surface area contributed by atoms with Gasteiger partial charge in [-0.25, -0.2) is 4.98 Å². The number of rotatable bonds is 5. The number of likely N-dealkylation sites (N-methyl/N-ethyl adjacent to an activating group) is 1. The normalized spacial score (nSPS) is 17.8. The first-order valence-corrected chi connectivity index (χ1v) is 9.33. The number of para-hydroxylation sites is 2. The number of anilines is 4. The van der Waals surface area contributed by atoms with Crippen LogP contribution in [0.4, 0.5) is 23.0 Å². The molecule has 6 heteroatoms. The van der Waals surface area contributed by atoms with Crippen LogP contribution in [0.1, 0.15) is 19.4 Å². The highest BCUT2D eigenvalue weighted by Gasteiger charge is 2.41. The van der Waals surface area contributed by atoms with Crippen molar-refractivity contribution < 1.29 is 5.11 Å². The van der Waals surface area contributed by atoms with Gasteiger partial charge >= 0.3 is 0 Å². The lowest BCUT2D eigenvalue weighted by atomic mass is 9.90. The van der Waals surface area contributed by atoms with E-state index in [1.807, 2.05) is 32.0 Å². The molecule has 2 aromatic rings. The van der Waals surface area contributed by atoms with Gasteiger partial charge in [0.05, 0.1) is 17.0 Å². The number of pyridine rings is 1. The largest absolute Gasteiger partial charge is 0.386 e. The van der Waals surface area contributed by atoms with E-state index >= 15 is 0 Å². The van der Waals surface area contributed by atoms with Crippen molar-refractivity contribution in [2.75, 3.05) is 42.7 Å². The van der Waals surface area contributed by atoms with Crippen LogP contribution < -0.4 is 15.5 Å². The molecule has 2 aliphatic heterocycles. The highest BCUT2D eigenvalue weighted by Crippen LogP contribution is 2.47. The summed E-state index contributed by atoms with van der Waals surface area (Å²) in [4.78, 5) is 9.23. The molecule has 27 heavy (non-hydrogen) atoms. The van der Waals surface area contributed by atoms with E-state index in [0.29, 0.717) is 0 Å². The Kier molecular flexibility index (Phi) is 4.32. The maximum Gasteiger partial charge on any atom is 0.144 e. The molecule has 4 rings (SSSR count). The fraction of sp³-hybridized carbons (Fsp3) is 0.381. The molecule has 0 radical (unpaired) electrons. The van der Waals surface area contributed by atoms with Crippen LogP contribution in [-0.2, 0) is 0 Å². The third-order valence-corrected chi connectivity index (χ3v) is 5.02. The van der Waals surface area contributed by atoms with Gasteiger partial charge in [-0.2, -0.15) is 0 Å². The number of nitrogens with zero attached hydrogens (tertiary/aromatic N) is 3. The van der Waals surface area contributed by atoms with Crippen molar-refractivity contribution in [2.45, 2.75) is 25.6 Å². The predicted octanol–water partition coefficient (Wildman–Crippen LogP) is 3.11. The SMILES string of the molecule is CN(C)CCNc1ccc2c(n1)N1c3ccccc3NC1C(C(C)(C)O)=C2. The number of hydrogen-bond acceptors (Lipinski definition) is 6. The molecule has 3 N–H and O–H groups in total. The molecule has 1 unspecified atom stereocenters. The minimum absolute atomic E-state index is 0.139. The molecule has 0 fully saturated rings. The summed E-state index contributed by atoms with van der Waals surface area (Å²) in [7, 11) is 4.12. The Balaban J connectivity index is 1.76. The topological polar surface area (TPSA) is 63.7 Å². The van der Waals surface area contributed by atoms with Gasteiger partial charge in [0, 0.05) is 24.2 Å². The van der Waals surface area contributed by atoms with Crippen LogP contribution in [-0.4, -0.2) is 53.9 Å². The first kappa shape index (κ1) is 17.8. The van der Waals surface area contributed by atoms with Gasteiger partial charge < -0.3 is 20.6 Å². The average molecular weight is 365 g/mol. The summed E-state index contributed by atoms with van der Waals surface area (Å²) in [6.45, 7) is 5.44. The summed E-state index contributed by atoms with van der Waals surface area (Å²) in [5, 5.41) is 17.7. The van der Waals surface area contributed by atoms with Crippen LogP contribution in [0, 0.1) is 0 Å². The van der Waals surface area contributed by atoms with E-state index in [9.17, 15) is 5.11 Å². The number of fused-ring (bicyclic) bond motifs is 5. The van der Waals surface area contributed by atoms with Crippen molar-refractivity contribution in [3.8, 4) is 0 Å². The first-order chi connectivity index (χ1) is 12.8. The minimum Gasteiger partial charge on any atom is -0.386 e. The fourth-order valence-corrected chi connectivity index (χ4v) is 3.64. The van der Waals surface area contributed by atoms with E-state index in [2.05, 4.69) is 58.8 Å². The highest BCUT2D eigenvalue weighted by molar-refractivity contribution is 5.89. The van der Waals surface area contributed by atoms with E-state index in [4.69, 9.17) is 4.98 Å². The van der Waals surface area contributed by atoms with Crippen LogP contribution in [0.3, 0.4) is 0 Å². The van der Waals surface area contributed by atoms with E-state index in [1.54, 1.807) is 0 Å². The van der Waals surface area contributed by atoms with Crippen LogP contribution in [0.5, 0.6) is 0 Å². The Labute approximate surface area is 160 Å². The predicted molar refractivity (Wildman–Crippen MR) is 112 cm³/mol. The van der Waals surface area contributed by atoms with Gasteiger partial charge in [0.2, 0.25) is 0 Å². The van der Waals surface area contributed by atoms with Crippen molar-refractivity contribution in [3.05, 3.63) is 47.5 Å². The second kappa shape index (κ2) is 6.55. The van der Waals surface area contributed by atoms with Crippen molar-refractivity contribution in [3.63, 3.8) is 0 Å². The summed E-state index contributed by atoms with van der Waals surface area (Å²) in [6.07, 6.45) is 1.92. The fourth-order valence-electron chi connectivity index (χ4n) is 3.64. The molecule has 142 valence electrons. The molecule has 0 spiro atoms. The van der Waals surface area contributed by atoms with Crippen molar-refractivity contribution >= 4 is 29.1 Å². The van der Waals surface area contributed by atoms with Gasteiger partial charge in [-0.3, -0.25) is 4.90 Å². The van der Waals surface area contributed by atoms with Gasteiger partial charge in [-0.15, -0.1) is 0 Å². The maximum atomic E-state index is 10.7. The Bertz CT molecular complexity index is 884. The minimum atomic E-state index is -0.932. The summed E-state index contributed by atoms with van der Waals surface area (Å²) >= 11 is 0. The van der Waals surface area contributed by atoms with Crippen molar-refractivity contribution in [2.24, 2.45) is 0 Å². The third-order valence-electron chi connectivity index (χ3n) is 5.02. The lowest BCUT2D eigenvalue weighted by Crippen LogP contribution is -2.44. The second-order valence-corrected chi connectivity index (χ2v) is 7.93. The van der Waals surface area contributed by atoms with E-state index in [-0.39, 0.29) is 6.17 Å². The molecule has 0 saturated heterocycles. The molecule has 1 aromatic heterocycles. The van der Waals surface area contributed by atoms with E-state index in [0.717, 1.165) is 47.2 Å². The van der Waals surface area contributed by atoms with Gasteiger partial charge in [0.1, 0.15) is 17.8 Å². The first-order valence-electron chi connectivity index (χ1n) is 9.33. The Morgan fingerprint density at radius 1 is 1.22 bits per heavy atom. The second-order valence-electron chi connectivity index (χ2n) is 7.93. The molecule has 0 amide bonds. The maximum absolute atomic E-state index is 10.7. The molecular weight excluding hydrogens is 338 g/mol. The van der Waals surface area contributed by atoms with Crippen LogP contribution in [0.2, 0.25) is 0 Å². The quantitative estimate of drug-likeness (QED) is 0.757. The smallest absolute Gasteiger partial charge is 0.144 e. The molecular formula is C21H27N5O. The number of aliphatic hydroxyl groups is 1. The lowest BCUT2D eigenvalue weighted by molar-refractivity contribution is 0.115. The van der Waals surface area contributed by atoms with E-state index in [1.165, 1.54) is 0 Å². The lowest BCUT2D eigenvalue weighted by Gasteiger charge is -2.37. The van der Waals surface area contributed by atoms with Gasteiger partial charge in [-0.05, 0) is 58.3 Å². The molecule has 1 atom stereocenters. The van der Waals surface area contributed by atoms with Gasteiger partial charge in [-0.1, -0.05) is 12.1 Å². The zero-order chi connectivity index (χ0) is 19.2. The summed E-state index contributed by atoms with van der Waals surface area (Å²) in [5.74, 6) is 1.76. The van der Waals surface area contributed by atoms with Crippen LogP contribution in [0.15, 0.2) is 42.0 Å². The number of benzene rings is 1. The molecule has 0 aliphatic carbocycles. The van der Waals surface area contributed by atoms with Crippen LogP contribution >= 0.6 is 0 Å².